The fourth-order valence-corrected chi connectivity index (χ4v) is 4.11. The predicted octanol–water partition coefficient (Wildman–Crippen LogP) is 2.91. The summed E-state index contributed by atoms with van der Waals surface area (Å²) in [5.41, 5.74) is -0.208. The number of hydrogen-bond donors (Lipinski definition) is 0. The highest BCUT2D eigenvalue weighted by atomic mass is 32.2. The van der Waals surface area contributed by atoms with Crippen molar-refractivity contribution in [3.05, 3.63) is 28.3 Å². The van der Waals surface area contributed by atoms with Crippen molar-refractivity contribution in [1.82, 2.24) is 4.31 Å². The van der Waals surface area contributed by atoms with E-state index in [0.29, 0.717) is 13.1 Å². The number of ether oxygens (including phenoxy) is 1. The van der Waals surface area contributed by atoms with Gasteiger partial charge in [0.15, 0.2) is 0 Å². The standard InChI is InChI=1S/C15H24N2O5S/c1-11(2)9-16(10-12(3)4)23(20,21)15-7-6-13(17(18)19)8-14(15)22-5/h6-8,11-12H,9-10H2,1-5H3. The van der Waals surface area contributed by atoms with Gasteiger partial charge in [-0.25, -0.2) is 8.42 Å². The molecule has 0 aliphatic carbocycles. The van der Waals surface area contributed by atoms with Crippen LogP contribution in [0.15, 0.2) is 23.1 Å². The quantitative estimate of drug-likeness (QED) is 0.534. The number of nitro groups is 1. The van der Waals surface area contributed by atoms with Gasteiger partial charge in [-0.2, -0.15) is 4.31 Å². The van der Waals surface area contributed by atoms with Crippen LogP contribution in [-0.4, -0.2) is 37.8 Å². The van der Waals surface area contributed by atoms with Crippen LogP contribution < -0.4 is 4.74 Å². The highest BCUT2D eigenvalue weighted by Crippen LogP contribution is 2.31. The van der Waals surface area contributed by atoms with Crippen LogP contribution in [-0.2, 0) is 10.0 Å². The number of nitrogens with zero attached hydrogens (tertiary/aromatic N) is 2. The van der Waals surface area contributed by atoms with Crippen LogP contribution in [0.2, 0.25) is 0 Å². The van der Waals surface area contributed by atoms with Crippen LogP contribution >= 0.6 is 0 Å². The summed E-state index contributed by atoms with van der Waals surface area (Å²) in [6.45, 7) is 8.51. The second-order valence-electron chi connectivity index (χ2n) is 6.20. The van der Waals surface area contributed by atoms with E-state index in [1.54, 1.807) is 0 Å². The van der Waals surface area contributed by atoms with E-state index in [9.17, 15) is 18.5 Å². The van der Waals surface area contributed by atoms with Crippen molar-refractivity contribution >= 4 is 15.7 Å². The van der Waals surface area contributed by atoms with Crippen LogP contribution in [0.1, 0.15) is 27.7 Å². The Morgan fingerprint density at radius 3 is 2.09 bits per heavy atom. The van der Waals surface area contributed by atoms with E-state index >= 15 is 0 Å². The van der Waals surface area contributed by atoms with Crippen LogP contribution in [0.25, 0.3) is 0 Å². The van der Waals surface area contributed by atoms with E-state index in [-0.39, 0.29) is 28.2 Å². The monoisotopic (exact) mass is 344 g/mol. The van der Waals surface area contributed by atoms with Crippen molar-refractivity contribution in [3.63, 3.8) is 0 Å². The van der Waals surface area contributed by atoms with Gasteiger partial charge in [0, 0.05) is 19.2 Å². The first kappa shape index (κ1) is 19.4. The fourth-order valence-electron chi connectivity index (χ4n) is 2.21. The minimum Gasteiger partial charge on any atom is -0.495 e. The van der Waals surface area contributed by atoms with Gasteiger partial charge in [-0.3, -0.25) is 10.1 Å². The summed E-state index contributed by atoms with van der Waals surface area (Å²) in [7, 11) is -2.49. The number of hydrogen-bond acceptors (Lipinski definition) is 5. The molecule has 0 unspecified atom stereocenters. The minimum absolute atomic E-state index is 0.0169. The molecule has 0 atom stereocenters. The molecule has 0 spiro atoms. The van der Waals surface area contributed by atoms with Crippen molar-refractivity contribution in [2.24, 2.45) is 11.8 Å². The molecule has 0 N–H and O–H groups in total. The van der Waals surface area contributed by atoms with Crippen LogP contribution in [0.3, 0.4) is 0 Å². The summed E-state index contributed by atoms with van der Waals surface area (Å²) in [4.78, 5) is 10.2. The molecule has 23 heavy (non-hydrogen) atoms. The molecule has 7 nitrogen and oxygen atoms in total. The average Bonchev–Trinajstić information content (AvgIpc) is 2.44. The van der Waals surface area contributed by atoms with Crippen LogP contribution in [0, 0.1) is 22.0 Å². The number of rotatable bonds is 8. The van der Waals surface area contributed by atoms with Gasteiger partial charge in [0.25, 0.3) is 5.69 Å². The Kier molecular flexibility index (Phi) is 6.52. The molecule has 0 radical (unpaired) electrons. The Morgan fingerprint density at radius 1 is 1.17 bits per heavy atom. The third kappa shape index (κ3) is 4.90. The molecule has 1 aromatic carbocycles. The topological polar surface area (TPSA) is 89.7 Å². The molecule has 0 aromatic heterocycles. The van der Waals surface area contributed by atoms with Crippen molar-refractivity contribution < 1.29 is 18.1 Å². The molecule has 1 rings (SSSR count). The van der Waals surface area contributed by atoms with Crippen molar-refractivity contribution in [1.29, 1.82) is 0 Å². The molecule has 0 aliphatic rings. The second kappa shape index (κ2) is 7.74. The molecule has 0 fully saturated rings. The van der Waals surface area contributed by atoms with Crippen molar-refractivity contribution in [2.75, 3.05) is 20.2 Å². The molecule has 0 saturated heterocycles. The third-order valence-corrected chi connectivity index (χ3v) is 4.98. The number of benzene rings is 1. The van der Waals surface area contributed by atoms with Gasteiger partial charge in [-0.15, -0.1) is 0 Å². The molecule has 0 heterocycles. The van der Waals surface area contributed by atoms with Crippen molar-refractivity contribution in [3.8, 4) is 5.75 Å². The van der Waals surface area contributed by atoms with Gasteiger partial charge in [-0.1, -0.05) is 27.7 Å². The summed E-state index contributed by atoms with van der Waals surface area (Å²) in [5, 5.41) is 10.8. The molecule has 0 saturated carbocycles. The van der Waals surface area contributed by atoms with Gasteiger partial charge in [0.2, 0.25) is 10.0 Å². The fraction of sp³-hybridized carbons (Fsp3) is 0.600. The van der Waals surface area contributed by atoms with E-state index in [1.807, 2.05) is 27.7 Å². The molecular formula is C15H24N2O5S. The number of methoxy groups -OCH3 is 1. The summed E-state index contributed by atoms with van der Waals surface area (Å²) >= 11 is 0. The first-order valence-corrected chi connectivity index (χ1v) is 8.86. The highest BCUT2D eigenvalue weighted by Gasteiger charge is 2.29. The van der Waals surface area contributed by atoms with Gasteiger partial charge in [0.05, 0.1) is 18.1 Å². The van der Waals surface area contributed by atoms with E-state index in [2.05, 4.69) is 0 Å². The Bertz CT molecular complexity index is 646. The largest absolute Gasteiger partial charge is 0.495 e. The Balaban J connectivity index is 3.35. The predicted molar refractivity (Wildman–Crippen MR) is 88.1 cm³/mol. The Hall–Kier alpha value is -1.67. The summed E-state index contributed by atoms with van der Waals surface area (Å²) in [6, 6.07) is 3.55. The molecule has 0 amide bonds. The van der Waals surface area contributed by atoms with Gasteiger partial charge in [0.1, 0.15) is 10.6 Å². The van der Waals surface area contributed by atoms with E-state index in [0.717, 1.165) is 6.07 Å². The zero-order chi connectivity index (χ0) is 17.8. The summed E-state index contributed by atoms with van der Waals surface area (Å²) < 4.78 is 32.4. The maximum atomic E-state index is 12.9. The highest BCUT2D eigenvalue weighted by molar-refractivity contribution is 7.89. The van der Waals surface area contributed by atoms with E-state index < -0.39 is 14.9 Å². The number of non-ortho nitro benzene ring substituents is 1. The lowest BCUT2D eigenvalue weighted by molar-refractivity contribution is -0.385. The SMILES string of the molecule is COc1cc([N+](=O)[O-])ccc1S(=O)(=O)N(CC(C)C)CC(C)C. The third-order valence-electron chi connectivity index (χ3n) is 3.11. The van der Waals surface area contributed by atoms with Crippen LogP contribution in [0.4, 0.5) is 5.69 Å². The Morgan fingerprint density at radius 2 is 1.70 bits per heavy atom. The normalized spacial score (nSPS) is 12.2. The lowest BCUT2D eigenvalue weighted by Gasteiger charge is -2.26. The lowest BCUT2D eigenvalue weighted by Crippen LogP contribution is -2.37. The number of nitro benzene ring substituents is 1. The second-order valence-corrected chi connectivity index (χ2v) is 8.11. The average molecular weight is 344 g/mol. The smallest absolute Gasteiger partial charge is 0.273 e. The summed E-state index contributed by atoms with van der Waals surface area (Å²) in [5.74, 6) is 0.303. The molecular weight excluding hydrogens is 320 g/mol. The Labute approximate surface area is 137 Å². The van der Waals surface area contributed by atoms with Crippen molar-refractivity contribution in [2.45, 2.75) is 32.6 Å². The molecule has 0 bridgehead atoms. The van der Waals surface area contributed by atoms with Gasteiger partial charge < -0.3 is 4.74 Å². The van der Waals surface area contributed by atoms with Crippen LogP contribution in [0.5, 0.6) is 5.75 Å². The zero-order valence-corrected chi connectivity index (χ0v) is 15.0. The zero-order valence-electron chi connectivity index (χ0n) is 14.1. The maximum Gasteiger partial charge on any atom is 0.273 e. The molecule has 1 aromatic rings. The molecule has 130 valence electrons. The van der Waals surface area contributed by atoms with E-state index in [4.69, 9.17) is 4.74 Å². The molecule has 8 heteroatoms. The first-order valence-electron chi connectivity index (χ1n) is 7.42. The molecule has 0 aliphatic heterocycles. The van der Waals surface area contributed by atoms with E-state index in [1.165, 1.54) is 23.5 Å². The number of sulfonamides is 1. The lowest BCUT2D eigenvalue weighted by atomic mass is 10.2. The summed E-state index contributed by atoms with van der Waals surface area (Å²) in [6.07, 6.45) is 0. The first-order chi connectivity index (χ1) is 10.6. The van der Waals surface area contributed by atoms with Gasteiger partial charge in [-0.05, 0) is 17.9 Å². The maximum absolute atomic E-state index is 12.9. The minimum atomic E-state index is -3.79. The van der Waals surface area contributed by atoms with Gasteiger partial charge >= 0.3 is 0 Å².